The largest absolute Gasteiger partial charge is 1.00 e. The first kappa shape index (κ1) is 30.8. The van der Waals surface area contributed by atoms with Gasteiger partial charge in [-0.1, -0.05) is 0 Å². The zero-order valence-electron chi connectivity index (χ0n) is 12.6. The molecule has 0 aromatic carbocycles. The maximum absolute atomic E-state index is 11.8. The van der Waals surface area contributed by atoms with Crippen LogP contribution in [0.2, 0.25) is 0 Å². The third-order valence-electron chi connectivity index (χ3n) is 2.29. The number of phosphoric acid groups is 2. The van der Waals surface area contributed by atoms with E-state index in [2.05, 4.69) is 13.8 Å². The summed E-state index contributed by atoms with van der Waals surface area (Å²) in [5.74, 6) is -3.09. The van der Waals surface area contributed by atoms with Crippen molar-refractivity contribution in [3.8, 4) is 0 Å². The summed E-state index contributed by atoms with van der Waals surface area (Å²) in [4.78, 5) is 33.6. The second-order valence-corrected chi connectivity index (χ2v) is 6.38. The summed E-state index contributed by atoms with van der Waals surface area (Å²) in [5, 5.41) is 34.6. The van der Waals surface area contributed by atoms with Crippen LogP contribution >= 0.6 is 15.6 Å². The second kappa shape index (κ2) is 11.8. The first-order chi connectivity index (χ1) is 8.84. The van der Waals surface area contributed by atoms with E-state index in [4.69, 9.17) is 19.6 Å². The van der Waals surface area contributed by atoms with Crippen LogP contribution in [0.15, 0.2) is 0 Å². The summed E-state index contributed by atoms with van der Waals surface area (Å²) in [6.45, 7) is -2.41. The molecule has 0 spiro atoms. The van der Waals surface area contributed by atoms with Gasteiger partial charge >= 0.3 is 104 Å². The summed E-state index contributed by atoms with van der Waals surface area (Å²) < 4.78 is 33.1. The van der Waals surface area contributed by atoms with E-state index in [1.807, 2.05) is 0 Å². The van der Waals surface area contributed by atoms with Crippen LogP contribution in [-0.4, -0.2) is 56.9 Å². The van der Waals surface area contributed by atoms with Crippen LogP contribution < -0.4 is 104 Å². The molecular weight excluding hydrogens is 395 g/mol. The molecule has 1 aliphatic heterocycles. The van der Waals surface area contributed by atoms with E-state index >= 15 is 0 Å². The average molecular weight is 406 g/mol. The Labute approximate surface area is 197 Å². The van der Waals surface area contributed by atoms with Crippen molar-refractivity contribution in [3.63, 3.8) is 0 Å². The van der Waals surface area contributed by atoms with Gasteiger partial charge < -0.3 is 39.6 Å². The number of rotatable bonds is 6. The number of hydrogen-bond donors (Lipinski definition) is 4. The predicted octanol–water partition coefficient (Wildman–Crippen LogP) is -13.9. The standard InChI is InChI=1S/C6H11O12P2.3Na/c7-4-3(1-16-19(10,11)12)18-6(9,5(4)8)2-17-20(13,14)15;;;/h3-5H,1-2H2,(H2,10,11,12)(H2,13,14,15);;;/q-3;3*+1/t3-,4-,5+,6-;;;/m1.../s1. The van der Waals surface area contributed by atoms with E-state index in [1.165, 1.54) is 0 Å². The predicted molar refractivity (Wildman–Crippen MR) is 51.2 cm³/mol. The van der Waals surface area contributed by atoms with E-state index in [0.29, 0.717) is 0 Å². The summed E-state index contributed by atoms with van der Waals surface area (Å²) in [7, 11) is -9.97. The van der Waals surface area contributed by atoms with Crippen LogP contribution in [0.5, 0.6) is 0 Å². The van der Waals surface area contributed by atoms with Gasteiger partial charge in [0.25, 0.3) is 0 Å². The molecule has 0 bridgehead atoms. The van der Waals surface area contributed by atoms with E-state index in [0.717, 1.165) is 0 Å². The minimum Gasteiger partial charge on any atom is -0.852 e. The van der Waals surface area contributed by atoms with Gasteiger partial charge in [-0.15, -0.1) is 12.2 Å². The van der Waals surface area contributed by atoms with Crippen molar-refractivity contribution in [1.82, 2.24) is 0 Å². The molecule has 0 amide bonds. The molecule has 1 rings (SSSR count). The molecule has 0 aliphatic carbocycles. The second-order valence-electron chi connectivity index (χ2n) is 3.90. The SMILES string of the molecule is O=P(O)(O)OC[C@H]1O[C@]([O-])(COP(=O)(O)O)[C@@H]([O-])[C@@H]1[O-].[Na+].[Na+].[Na+]. The van der Waals surface area contributed by atoms with Gasteiger partial charge in [0.2, 0.25) is 0 Å². The van der Waals surface area contributed by atoms with Gasteiger partial charge in [0.15, 0.2) is 0 Å². The average Bonchev–Trinajstić information content (AvgIpc) is 2.48. The first-order valence-electron chi connectivity index (χ1n) is 4.94. The van der Waals surface area contributed by atoms with Crippen LogP contribution in [0.4, 0.5) is 0 Å². The molecular formula is C6H11Na3O12P2. The molecule has 0 aromatic rings. The Hall–Kier alpha value is 3.06. The topological polar surface area (TPSA) is 212 Å². The molecule has 1 aliphatic rings. The smallest absolute Gasteiger partial charge is 0.852 e. The summed E-state index contributed by atoms with van der Waals surface area (Å²) in [6.07, 6.45) is -6.51. The van der Waals surface area contributed by atoms with Gasteiger partial charge in [-0.25, -0.2) is 9.13 Å². The maximum Gasteiger partial charge on any atom is 1.00 e. The molecule has 120 valence electrons. The number of phosphoric ester groups is 2. The van der Waals surface area contributed by atoms with Crippen LogP contribution in [0.1, 0.15) is 0 Å². The Balaban J connectivity index is -0.00000133. The van der Waals surface area contributed by atoms with E-state index < -0.39 is 53.0 Å². The van der Waals surface area contributed by atoms with Crippen molar-refractivity contribution in [2.75, 3.05) is 13.2 Å². The van der Waals surface area contributed by atoms with E-state index in [1.54, 1.807) is 0 Å². The third kappa shape index (κ3) is 10.8. The molecule has 12 nitrogen and oxygen atoms in total. The van der Waals surface area contributed by atoms with Crippen molar-refractivity contribution in [3.05, 3.63) is 0 Å². The van der Waals surface area contributed by atoms with Crippen LogP contribution in [-0.2, 0) is 22.9 Å². The first-order valence-corrected chi connectivity index (χ1v) is 8.00. The van der Waals surface area contributed by atoms with Gasteiger partial charge in [-0.05, 0) is 0 Å². The Morgan fingerprint density at radius 1 is 1.00 bits per heavy atom. The molecule has 0 saturated carbocycles. The van der Waals surface area contributed by atoms with Gasteiger partial charge in [0, 0.05) is 5.79 Å². The van der Waals surface area contributed by atoms with Crippen molar-refractivity contribution in [2.45, 2.75) is 24.1 Å². The third-order valence-corrected chi connectivity index (χ3v) is 3.24. The molecule has 17 heteroatoms. The minimum absolute atomic E-state index is 0. The Morgan fingerprint density at radius 2 is 1.43 bits per heavy atom. The quantitative estimate of drug-likeness (QED) is 0.239. The molecule has 23 heavy (non-hydrogen) atoms. The summed E-state index contributed by atoms with van der Waals surface area (Å²) in [6, 6.07) is 0. The molecule has 0 radical (unpaired) electrons. The van der Waals surface area contributed by atoms with Crippen molar-refractivity contribution >= 4 is 15.6 Å². The molecule has 1 heterocycles. The zero-order chi connectivity index (χ0) is 15.8. The fourth-order valence-corrected chi connectivity index (χ4v) is 2.11. The van der Waals surface area contributed by atoms with Crippen molar-refractivity contribution < 1.29 is 146 Å². The fraction of sp³-hybridized carbons (Fsp3) is 1.00. The zero-order valence-corrected chi connectivity index (χ0v) is 20.4. The summed E-state index contributed by atoms with van der Waals surface area (Å²) >= 11 is 0. The van der Waals surface area contributed by atoms with Gasteiger partial charge in [-0.2, -0.15) is 0 Å². The molecule has 4 atom stereocenters. The van der Waals surface area contributed by atoms with Crippen LogP contribution in [0, 0.1) is 0 Å². The van der Waals surface area contributed by atoms with Gasteiger partial charge in [0.1, 0.15) is 0 Å². The molecule has 1 saturated heterocycles. The van der Waals surface area contributed by atoms with Gasteiger partial charge in [0.05, 0.1) is 19.3 Å². The van der Waals surface area contributed by atoms with Crippen LogP contribution in [0.3, 0.4) is 0 Å². The normalized spacial score (nSPS) is 30.8. The van der Waals surface area contributed by atoms with E-state index in [9.17, 15) is 24.4 Å². The Bertz CT molecular complexity index is 441. The van der Waals surface area contributed by atoms with Crippen molar-refractivity contribution in [1.29, 1.82) is 0 Å². The van der Waals surface area contributed by atoms with Crippen molar-refractivity contribution in [2.24, 2.45) is 0 Å². The van der Waals surface area contributed by atoms with Gasteiger partial charge in [-0.3, -0.25) is 9.05 Å². The molecule has 1 fully saturated rings. The Morgan fingerprint density at radius 3 is 1.83 bits per heavy atom. The number of ether oxygens (including phenoxy) is 1. The maximum atomic E-state index is 11.8. The fourth-order valence-electron chi connectivity index (χ4n) is 1.43. The minimum atomic E-state index is -5.05. The van der Waals surface area contributed by atoms with Crippen LogP contribution in [0.25, 0.3) is 0 Å². The Kier molecular flexibility index (Phi) is 15.8. The van der Waals surface area contributed by atoms with E-state index in [-0.39, 0.29) is 88.7 Å². The number of hydrogen-bond acceptors (Lipinski definition) is 8. The molecule has 0 unspecified atom stereocenters. The monoisotopic (exact) mass is 406 g/mol. The molecule has 0 aromatic heterocycles. The molecule has 4 N–H and O–H groups in total. The summed E-state index contributed by atoms with van der Waals surface area (Å²) in [5.41, 5.74) is 0.